The Morgan fingerprint density at radius 2 is 1.83 bits per heavy atom. The summed E-state index contributed by atoms with van der Waals surface area (Å²) < 4.78 is 0. The van der Waals surface area contributed by atoms with E-state index in [1.54, 1.807) is 0 Å². The predicted molar refractivity (Wildman–Crippen MR) is 93.2 cm³/mol. The fourth-order valence-electron chi connectivity index (χ4n) is 4.11. The molecule has 2 aliphatic rings. The summed E-state index contributed by atoms with van der Waals surface area (Å²) in [5, 5.41) is 0. The smallest absolute Gasteiger partial charge is 0.231 e. The van der Waals surface area contributed by atoms with Gasteiger partial charge in [-0.1, -0.05) is 24.3 Å². The van der Waals surface area contributed by atoms with Gasteiger partial charge in [0.25, 0.3) is 0 Å². The zero-order valence-corrected chi connectivity index (χ0v) is 14.4. The zero-order chi connectivity index (χ0) is 17.1. The van der Waals surface area contributed by atoms with Crippen LogP contribution in [0.4, 0.5) is 0 Å². The van der Waals surface area contributed by atoms with Crippen molar-refractivity contribution in [3.63, 3.8) is 0 Å². The number of aryl methyl sites for hydroxylation is 1. The number of benzene rings is 1. The Hall–Kier alpha value is -1.88. The van der Waals surface area contributed by atoms with Crippen molar-refractivity contribution in [2.75, 3.05) is 26.2 Å². The van der Waals surface area contributed by atoms with Gasteiger partial charge in [0.2, 0.25) is 11.8 Å². The number of nitrogens with two attached hydrogens (primary N) is 1. The number of carbonyl (C=O) groups excluding carboxylic acids is 2. The van der Waals surface area contributed by atoms with E-state index in [0.29, 0.717) is 12.5 Å². The minimum atomic E-state index is -0.293. The maximum atomic E-state index is 13.0. The molecule has 2 N–H and O–H groups in total. The highest BCUT2D eigenvalue weighted by atomic mass is 16.2. The van der Waals surface area contributed by atoms with E-state index in [9.17, 15) is 9.59 Å². The number of primary amides is 1. The van der Waals surface area contributed by atoms with Crippen LogP contribution in [0.2, 0.25) is 0 Å². The normalized spacial score (nSPS) is 22.7. The molecule has 5 heteroatoms. The summed E-state index contributed by atoms with van der Waals surface area (Å²) in [6.07, 6.45) is 3.77. The standard InChI is InChI=1S/C19H27N3O2/c1-14-5-2-3-6-16(14)17-7-4-10-22(17)19(24)15-8-11-21(12-9-15)13-18(20)23/h2-3,5-6,15,17H,4,7-13H2,1H3,(H2,20,23)/t17-/m0/s1. The lowest BCUT2D eigenvalue weighted by atomic mass is 9.93. The number of likely N-dealkylation sites (tertiary alicyclic amines) is 2. The van der Waals surface area contributed by atoms with Crippen LogP contribution < -0.4 is 5.73 Å². The van der Waals surface area contributed by atoms with Gasteiger partial charge in [-0.25, -0.2) is 0 Å². The summed E-state index contributed by atoms with van der Waals surface area (Å²) in [5.74, 6) is 0.0807. The van der Waals surface area contributed by atoms with Gasteiger partial charge in [0.1, 0.15) is 0 Å². The minimum Gasteiger partial charge on any atom is -0.369 e. The van der Waals surface area contributed by atoms with E-state index >= 15 is 0 Å². The van der Waals surface area contributed by atoms with Crippen molar-refractivity contribution in [3.8, 4) is 0 Å². The molecular weight excluding hydrogens is 302 g/mol. The van der Waals surface area contributed by atoms with Crippen LogP contribution in [0.3, 0.4) is 0 Å². The molecule has 1 aromatic carbocycles. The van der Waals surface area contributed by atoms with Crippen molar-refractivity contribution >= 4 is 11.8 Å². The third kappa shape index (κ3) is 3.61. The zero-order valence-electron chi connectivity index (χ0n) is 14.4. The van der Waals surface area contributed by atoms with Crippen molar-refractivity contribution in [2.45, 2.75) is 38.6 Å². The molecule has 0 aromatic heterocycles. The van der Waals surface area contributed by atoms with Gasteiger partial charge in [-0.3, -0.25) is 14.5 Å². The SMILES string of the molecule is Cc1ccccc1[C@@H]1CCCN1C(=O)C1CCN(CC(N)=O)CC1. The van der Waals surface area contributed by atoms with E-state index in [0.717, 1.165) is 45.3 Å². The Morgan fingerprint density at radius 1 is 1.12 bits per heavy atom. The number of hydrogen-bond donors (Lipinski definition) is 1. The summed E-state index contributed by atoms with van der Waals surface area (Å²) in [4.78, 5) is 28.2. The monoisotopic (exact) mass is 329 g/mol. The average Bonchev–Trinajstić information content (AvgIpc) is 3.04. The maximum absolute atomic E-state index is 13.0. The molecule has 1 aromatic rings. The van der Waals surface area contributed by atoms with Crippen LogP contribution in [0.25, 0.3) is 0 Å². The van der Waals surface area contributed by atoms with E-state index in [1.807, 2.05) is 0 Å². The first-order chi connectivity index (χ1) is 11.6. The van der Waals surface area contributed by atoms with E-state index in [-0.39, 0.29) is 17.9 Å². The lowest BCUT2D eigenvalue weighted by Gasteiger charge is -2.34. The molecule has 0 unspecified atom stereocenters. The number of nitrogens with zero attached hydrogens (tertiary/aromatic N) is 2. The molecule has 0 radical (unpaired) electrons. The third-order valence-electron chi connectivity index (χ3n) is 5.40. The van der Waals surface area contributed by atoms with Crippen LogP contribution in [0.15, 0.2) is 24.3 Å². The van der Waals surface area contributed by atoms with Gasteiger partial charge in [0.15, 0.2) is 0 Å². The fourth-order valence-corrected chi connectivity index (χ4v) is 4.11. The van der Waals surface area contributed by atoms with Crippen LogP contribution in [0.5, 0.6) is 0 Å². The Kier molecular flexibility index (Phi) is 5.19. The van der Waals surface area contributed by atoms with Gasteiger partial charge < -0.3 is 10.6 Å². The molecular formula is C19H27N3O2. The average molecular weight is 329 g/mol. The van der Waals surface area contributed by atoms with E-state index in [4.69, 9.17) is 5.73 Å². The van der Waals surface area contributed by atoms with Gasteiger partial charge in [-0.2, -0.15) is 0 Å². The van der Waals surface area contributed by atoms with Gasteiger partial charge in [0.05, 0.1) is 12.6 Å². The number of piperidine rings is 1. The lowest BCUT2D eigenvalue weighted by molar-refractivity contribution is -0.138. The number of carbonyl (C=O) groups is 2. The molecule has 0 aliphatic carbocycles. The van der Waals surface area contributed by atoms with Gasteiger partial charge in [0, 0.05) is 12.5 Å². The van der Waals surface area contributed by atoms with Gasteiger partial charge in [-0.15, -0.1) is 0 Å². The lowest BCUT2D eigenvalue weighted by Crippen LogP contribution is -2.44. The predicted octanol–water partition coefficient (Wildman–Crippen LogP) is 1.86. The first-order valence-corrected chi connectivity index (χ1v) is 8.93. The molecule has 5 nitrogen and oxygen atoms in total. The Balaban J connectivity index is 1.64. The fraction of sp³-hybridized carbons (Fsp3) is 0.579. The summed E-state index contributed by atoms with van der Waals surface area (Å²) in [6.45, 7) is 4.85. The molecule has 0 spiro atoms. The second kappa shape index (κ2) is 7.34. The van der Waals surface area contributed by atoms with Crippen molar-refractivity contribution in [1.29, 1.82) is 0 Å². The summed E-state index contributed by atoms with van der Waals surface area (Å²) in [7, 11) is 0. The van der Waals surface area contributed by atoms with Crippen LogP contribution in [-0.2, 0) is 9.59 Å². The molecule has 1 atom stereocenters. The van der Waals surface area contributed by atoms with Crippen molar-refractivity contribution < 1.29 is 9.59 Å². The topological polar surface area (TPSA) is 66.6 Å². The second-order valence-electron chi connectivity index (χ2n) is 7.06. The molecule has 2 saturated heterocycles. The minimum absolute atomic E-state index is 0.0822. The molecule has 0 bridgehead atoms. The van der Waals surface area contributed by atoms with Crippen molar-refractivity contribution in [2.24, 2.45) is 11.7 Å². The van der Waals surface area contributed by atoms with Crippen LogP contribution in [0, 0.1) is 12.8 Å². The van der Waals surface area contributed by atoms with Gasteiger partial charge >= 0.3 is 0 Å². The van der Waals surface area contributed by atoms with Crippen molar-refractivity contribution in [1.82, 2.24) is 9.80 Å². The Bertz CT molecular complexity index is 608. The first-order valence-electron chi connectivity index (χ1n) is 8.93. The summed E-state index contributed by atoms with van der Waals surface area (Å²) in [5.41, 5.74) is 7.81. The Labute approximate surface area is 143 Å². The molecule has 2 amide bonds. The van der Waals surface area contributed by atoms with E-state index < -0.39 is 0 Å². The molecule has 2 heterocycles. The van der Waals surface area contributed by atoms with E-state index in [1.165, 1.54) is 11.1 Å². The number of rotatable bonds is 4. The number of hydrogen-bond acceptors (Lipinski definition) is 3. The number of amides is 2. The first kappa shape index (κ1) is 17.0. The highest BCUT2D eigenvalue weighted by molar-refractivity contribution is 5.80. The molecule has 2 fully saturated rings. The summed E-state index contributed by atoms with van der Waals surface area (Å²) in [6, 6.07) is 8.61. The summed E-state index contributed by atoms with van der Waals surface area (Å²) >= 11 is 0. The van der Waals surface area contributed by atoms with Crippen LogP contribution in [-0.4, -0.2) is 47.8 Å². The largest absolute Gasteiger partial charge is 0.369 e. The highest BCUT2D eigenvalue weighted by Crippen LogP contribution is 2.35. The van der Waals surface area contributed by atoms with Gasteiger partial charge in [-0.05, 0) is 56.8 Å². The highest BCUT2D eigenvalue weighted by Gasteiger charge is 2.35. The van der Waals surface area contributed by atoms with Crippen LogP contribution in [0.1, 0.15) is 42.9 Å². The van der Waals surface area contributed by atoms with E-state index in [2.05, 4.69) is 41.0 Å². The molecule has 2 aliphatic heterocycles. The molecule has 24 heavy (non-hydrogen) atoms. The molecule has 130 valence electrons. The second-order valence-corrected chi connectivity index (χ2v) is 7.06. The molecule has 3 rings (SSSR count). The molecule has 0 saturated carbocycles. The maximum Gasteiger partial charge on any atom is 0.231 e. The Morgan fingerprint density at radius 3 is 2.50 bits per heavy atom. The quantitative estimate of drug-likeness (QED) is 0.917. The van der Waals surface area contributed by atoms with Crippen LogP contribution >= 0.6 is 0 Å². The van der Waals surface area contributed by atoms with Crippen molar-refractivity contribution in [3.05, 3.63) is 35.4 Å². The third-order valence-corrected chi connectivity index (χ3v) is 5.40.